The number of ether oxygens (including phenoxy) is 2. The first kappa shape index (κ1) is 18.7. The Hall–Kier alpha value is -2.12. The molecular formula is C19H26N3O3S+. The van der Waals surface area contributed by atoms with Crippen LogP contribution < -0.4 is 9.80 Å². The standard InChI is InChI=1S/C19H25N3O3S/c1-13-6-7-16-17(14(13)2)20-19(26-16)22(9-5-8-21(3)4)18(23)15-12-24-10-11-25-15/h6-7,12H,5,8-11H2,1-4H3/p+1. The molecule has 0 atom stereocenters. The van der Waals surface area contributed by atoms with E-state index in [9.17, 15) is 4.79 Å². The number of carbonyl (C=O) groups is 1. The summed E-state index contributed by atoms with van der Waals surface area (Å²) in [5, 5.41) is 0.711. The molecule has 0 radical (unpaired) electrons. The minimum Gasteiger partial charge on any atom is -0.494 e. The van der Waals surface area contributed by atoms with Gasteiger partial charge in [-0.25, -0.2) is 4.98 Å². The first-order chi connectivity index (χ1) is 12.5. The number of nitrogens with zero attached hydrogens (tertiary/aromatic N) is 2. The Morgan fingerprint density at radius 2 is 2.12 bits per heavy atom. The molecule has 26 heavy (non-hydrogen) atoms. The van der Waals surface area contributed by atoms with E-state index in [1.54, 1.807) is 16.2 Å². The number of benzene rings is 1. The first-order valence-corrected chi connectivity index (χ1v) is 9.71. The molecule has 6 nitrogen and oxygen atoms in total. The van der Waals surface area contributed by atoms with E-state index < -0.39 is 0 Å². The predicted octanol–water partition coefficient (Wildman–Crippen LogP) is 1.67. The van der Waals surface area contributed by atoms with Crippen LogP contribution in [0.5, 0.6) is 0 Å². The number of fused-ring (bicyclic) bond motifs is 1. The Morgan fingerprint density at radius 3 is 2.81 bits per heavy atom. The van der Waals surface area contributed by atoms with Crippen LogP contribution in [0.2, 0.25) is 0 Å². The molecule has 0 fully saturated rings. The van der Waals surface area contributed by atoms with Crippen LogP contribution >= 0.6 is 11.3 Å². The van der Waals surface area contributed by atoms with Gasteiger partial charge in [-0.3, -0.25) is 9.69 Å². The molecule has 0 saturated carbocycles. The van der Waals surface area contributed by atoms with E-state index in [2.05, 4.69) is 40.1 Å². The third kappa shape index (κ3) is 3.99. The van der Waals surface area contributed by atoms with Gasteiger partial charge < -0.3 is 14.4 Å². The molecule has 140 valence electrons. The average molecular weight is 377 g/mol. The highest BCUT2D eigenvalue weighted by atomic mass is 32.1. The van der Waals surface area contributed by atoms with Crippen molar-refractivity contribution < 1.29 is 19.2 Å². The highest BCUT2D eigenvalue weighted by Gasteiger charge is 2.26. The molecule has 0 spiro atoms. The van der Waals surface area contributed by atoms with Crippen LogP contribution in [-0.2, 0) is 14.3 Å². The summed E-state index contributed by atoms with van der Waals surface area (Å²) < 4.78 is 11.9. The normalized spacial score (nSPS) is 14.1. The number of carbonyl (C=O) groups excluding carboxylic acids is 1. The molecule has 1 aliphatic heterocycles. The lowest BCUT2D eigenvalue weighted by Gasteiger charge is -2.23. The van der Waals surface area contributed by atoms with Crippen molar-refractivity contribution in [2.45, 2.75) is 20.3 Å². The van der Waals surface area contributed by atoms with Crippen molar-refractivity contribution >= 4 is 32.6 Å². The number of hydrogen-bond acceptors (Lipinski definition) is 5. The number of aryl methyl sites for hydroxylation is 2. The number of thiazole rings is 1. The Labute approximate surface area is 158 Å². The number of nitrogens with one attached hydrogen (secondary N) is 1. The quantitative estimate of drug-likeness (QED) is 0.833. The lowest BCUT2D eigenvalue weighted by molar-refractivity contribution is -0.858. The Bertz CT molecular complexity index is 829. The number of rotatable bonds is 6. The van der Waals surface area contributed by atoms with Gasteiger partial charge >= 0.3 is 0 Å². The largest absolute Gasteiger partial charge is 0.494 e. The van der Waals surface area contributed by atoms with Crippen molar-refractivity contribution in [2.75, 3.05) is 45.3 Å². The molecule has 0 saturated heterocycles. The van der Waals surface area contributed by atoms with E-state index in [1.807, 2.05) is 0 Å². The molecule has 1 aromatic carbocycles. The molecular weight excluding hydrogens is 350 g/mol. The molecule has 0 aliphatic carbocycles. The zero-order valence-corrected chi connectivity index (χ0v) is 16.6. The molecule has 1 amide bonds. The second-order valence-corrected chi connectivity index (χ2v) is 7.83. The van der Waals surface area contributed by atoms with Gasteiger partial charge in [-0.15, -0.1) is 0 Å². The summed E-state index contributed by atoms with van der Waals surface area (Å²) in [5.74, 6) is 0.0625. The van der Waals surface area contributed by atoms with Gasteiger partial charge in [0.25, 0.3) is 5.91 Å². The third-order valence-electron chi connectivity index (χ3n) is 4.47. The second kappa shape index (κ2) is 8.05. The number of amides is 1. The first-order valence-electron chi connectivity index (χ1n) is 8.89. The van der Waals surface area contributed by atoms with Gasteiger partial charge in [-0.2, -0.15) is 0 Å². The maximum absolute atomic E-state index is 13.0. The van der Waals surface area contributed by atoms with Crippen LogP contribution in [0.15, 0.2) is 24.2 Å². The summed E-state index contributed by atoms with van der Waals surface area (Å²) >= 11 is 1.54. The number of quaternary nitrogens is 1. The molecule has 1 N–H and O–H groups in total. The van der Waals surface area contributed by atoms with Crippen molar-refractivity contribution in [1.82, 2.24) is 4.98 Å². The van der Waals surface area contributed by atoms with Crippen LogP contribution in [0.1, 0.15) is 17.5 Å². The zero-order chi connectivity index (χ0) is 18.7. The third-order valence-corrected chi connectivity index (χ3v) is 5.51. The molecule has 2 heterocycles. The Kier molecular flexibility index (Phi) is 5.78. The summed E-state index contributed by atoms with van der Waals surface area (Å²) in [6.45, 7) is 6.59. The number of hydrogen-bond donors (Lipinski definition) is 1. The molecule has 1 aromatic heterocycles. The lowest BCUT2D eigenvalue weighted by Crippen LogP contribution is -3.05. The Balaban J connectivity index is 1.92. The van der Waals surface area contributed by atoms with Gasteiger partial charge in [0.1, 0.15) is 19.5 Å². The fraction of sp³-hybridized carbons (Fsp3) is 0.474. The zero-order valence-electron chi connectivity index (χ0n) is 15.8. The van der Waals surface area contributed by atoms with Gasteiger partial charge in [0.05, 0.1) is 30.9 Å². The number of anilines is 1. The van der Waals surface area contributed by atoms with Crippen molar-refractivity contribution in [3.8, 4) is 0 Å². The van der Waals surface area contributed by atoms with Crippen LogP contribution in [0.25, 0.3) is 10.2 Å². The summed E-state index contributed by atoms with van der Waals surface area (Å²) in [7, 11) is 4.22. The van der Waals surface area contributed by atoms with Crippen LogP contribution in [-0.4, -0.2) is 51.3 Å². The van der Waals surface area contributed by atoms with Crippen molar-refractivity contribution in [3.63, 3.8) is 0 Å². The average Bonchev–Trinajstić information content (AvgIpc) is 3.06. The smallest absolute Gasteiger partial charge is 0.298 e. The van der Waals surface area contributed by atoms with E-state index in [1.165, 1.54) is 16.7 Å². The highest BCUT2D eigenvalue weighted by Crippen LogP contribution is 2.32. The molecule has 0 unspecified atom stereocenters. The van der Waals surface area contributed by atoms with E-state index in [4.69, 9.17) is 14.5 Å². The maximum Gasteiger partial charge on any atom is 0.298 e. The van der Waals surface area contributed by atoms with Crippen molar-refractivity contribution in [1.29, 1.82) is 0 Å². The van der Waals surface area contributed by atoms with Crippen LogP contribution in [0.3, 0.4) is 0 Å². The summed E-state index contributed by atoms with van der Waals surface area (Å²) in [4.78, 5) is 20.9. The van der Waals surface area contributed by atoms with Crippen LogP contribution in [0, 0.1) is 13.8 Å². The van der Waals surface area contributed by atoms with Crippen molar-refractivity contribution in [2.24, 2.45) is 0 Å². The topological polar surface area (TPSA) is 56.1 Å². The van der Waals surface area contributed by atoms with E-state index in [-0.39, 0.29) is 11.7 Å². The highest BCUT2D eigenvalue weighted by molar-refractivity contribution is 7.22. The fourth-order valence-corrected chi connectivity index (χ4v) is 3.87. The lowest BCUT2D eigenvalue weighted by atomic mass is 10.1. The van der Waals surface area contributed by atoms with Gasteiger partial charge in [-0.1, -0.05) is 17.4 Å². The summed E-state index contributed by atoms with van der Waals surface area (Å²) in [6, 6.07) is 4.17. The molecule has 7 heteroatoms. The number of aromatic nitrogens is 1. The van der Waals surface area contributed by atoms with Gasteiger partial charge in [0.15, 0.2) is 5.13 Å². The van der Waals surface area contributed by atoms with E-state index >= 15 is 0 Å². The molecule has 1 aliphatic rings. The van der Waals surface area contributed by atoms with E-state index in [0.717, 1.165) is 28.7 Å². The Morgan fingerprint density at radius 1 is 1.31 bits per heavy atom. The van der Waals surface area contributed by atoms with Gasteiger partial charge in [0, 0.05) is 13.0 Å². The molecule has 2 aromatic rings. The van der Waals surface area contributed by atoms with Gasteiger partial charge in [0.2, 0.25) is 5.76 Å². The van der Waals surface area contributed by atoms with Crippen LogP contribution in [0.4, 0.5) is 5.13 Å². The fourth-order valence-electron chi connectivity index (χ4n) is 2.82. The monoisotopic (exact) mass is 376 g/mol. The minimum absolute atomic E-state index is 0.188. The molecule has 3 rings (SSSR count). The summed E-state index contributed by atoms with van der Waals surface area (Å²) in [5.41, 5.74) is 3.33. The maximum atomic E-state index is 13.0. The second-order valence-electron chi connectivity index (χ2n) is 6.82. The van der Waals surface area contributed by atoms with Gasteiger partial charge in [-0.05, 0) is 31.0 Å². The SMILES string of the molecule is Cc1ccc2sc(N(CCC[NH+](C)C)C(=O)C3=COCCO3)nc2c1C. The summed E-state index contributed by atoms with van der Waals surface area (Å²) in [6.07, 6.45) is 2.30. The molecule has 0 bridgehead atoms. The van der Waals surface area contributed by atoms with E-state index in [0.29, 0.717) is 24.9 Å². The predicted molar refractivity (Wildman–Crippen MR) is 104 cm³/mol. The van der Waals surface area contributed by atoms with Crippen molar-refractivity contribution in [3.05, 3.63) is 35.3 Å². The minimum atomic E-state index is -0.188.